The minimum absolute atomic E-state index is 0.0966. The summed E-state index contributed by atoms with van der Waals surface area (Å²) in [6.07, 6.45) is 0. The van der Waals surface area contributed by atoms with Crippen molar-refractivity contribution in [3.63, 3.8) is 0 Å². The summed E-state index contributed by atoms with van der Waals surface area (Å²) in [6, 6.07) is 0. The molecule has 0 amide bonds. The Kier molecular flexibility index (Phi) is 3.42. The standard InChI is InChI=1S/C3H9ClN2O2S/c1-6(4)9(7,8)3-2-5/h2-3,5H2,1H3. The molecule has 0 unspecified atom stereocenters. The van der Waals surface area contributed by atoms with E-state index >= 15 is 0 Å². The van der Waals surface area contributed by atoms with Crippen LogP contribution in [0.3, 0.4) is 0 Å². The van der Waals surface area contributed by atoms with Crippen LogP contribution in [-0.4, -0.2) is 31.6 Å². The first kappa shape index (κ1) is 9.16. The van der Waals surface area contributed by atoms with Gasteiger partial charge in [-0.15, -0.1) is 3.82 Å². The van der Waals surface area contributed by atoms with Crippen molar-refractivity contribution >= 4 is 21.8 Å². The summed E-state index contributed by atoms with van der Waals surface area (Å²) in [5.41, 5.74) is 4.99. The SMILES string of the molecule is CN(Cl)S(=O)(=O)CCN. The van der Waals surface area contributed by atoms with Gasteiger partial charge >= 0.3 is 0 Å². The van der Waals surface area contributed by atoms with Crippen molar-refractivity contribution in [2.24, 2.45) is 5.73 Å². The molecule has 0 aliphatic carbocycles. The molecule has 0 spiro atoms. The number of sulfonamides is 1. The molecule has 0 saturated heterocycles. The second-order valence-electron chi connectivity index (χ2n) is 1.50. The molecule has 0 saturated carbocycles. The lowest BCUT2D eigenvalue weighted by molar-refractivity contribution is 0.561. The quantitative estimate of drug-likeness (QED) is 0.576. The predicted molar refractivity (Wildman–Crippen MR) is 36.5 cm³/mol. The van der Waals surface area contributed by atoms with E-state index in [4.69, 9.17) is 17.5 Å². The highest BCUT2D eigenvalue weighted by atomic mass is 35.5. The van der Waals surface area contributed by atoms with Gasteiger partial charge < -0.3 is 5.73 Å². The molecule has 0 rings (SSSR count). The maximum atomic E-state index is 10.6. The van der Waals surface area contributed by atoms with Gasteiger partial charge in [0, 0.05) is 13.6 Å². The molecule has 0 heterocycles. The smallest absolute Gasteiger partial charge is 0.228 e. The normalized spacial score (nSPS) is 12.4. The van der Waals surface area contributed by atoms with E-state index in [1.807, 2.05) is 0 Å². The molecule has 0 aromatic carbocycles. The fourth-order valence-corrected chi connectivity index (χ4v) is 1.03. The van der Waals surface area contributed by atoms with E-state index in [2.05, 4.69) is 0 Å². The molecular formula is C3H9ClN2O2S. The fourth-order valence-electron chi connectivity index (χ4n) is 0.275. The summed E-state index contributed by atoms with van der Waals surface area (Å²) in [6.45, 7) is 0.0966. The highest BCUT2D eigenvalue weighted by Gasteiger charge is 2.12. The van der Waals surface area contributed by atoms with Crippen LogP contribution in [0.2, 0.25) is 0 Å². The molecule has 0 bridgehead atoms. The molecule has 0 aromatic rings. The molecule has 0 atom stereocenters. The van der Waals surface area contributed by atoms with Crippen LogP contribution >= 0.6 is 11.8 Å². The fraction of sp³-hybridized carbons (Fsp3) is 1.00. The third kappa shape index (κ3) is 3.00. The zero-order valence-corrected chi connectivity index (χ0v) is 6.61. The Morgan fingerprint density at radius 1 is 1.67 bits per heavy atom. The van der Waals surface area contributed by atoms with Gasteiger partial charge in [0.05, 0.1) is 5.75 Å². The van der Waals surface area contributed by atoms with Crippen LogP contribution in [0.4, 0.5) is 0 Å². The highest BCUT2D eigenvalue weighted by molar-refractivity contribution is 7.89. The topological polar surface area (TPSA) is 63.4 Å². The van der Waals surface area contributed by atoms with Crippen LogP contribution in [-0.2, 0) is 10.0 Å². The molecule has 2 N–H and O–H groups in total. The van der Waals surface area contributed by atoms with E-state index in [1.165, 1.54) is 7.05 Å². The lowest BCUT2D eigenvalue weighted by atomic mass is 10.8. The number of nitrogens with two attached hydrogens (primary N) is 1. The van der Waals surface area contributed by atoms with E-state index in [-0.39, 0.29) is 12.3 Å². The van der Waals surface area contributed by atoms with Gasteiger partial charge in [-0.25, -0.2) is 8.42 Å². The Hall–Kier alpha value is 0.160. The molecular weight excluding hydrogens is 164 g/mol. The first-order chi connectivity index (χ1) is 4.00. The Morgan fingerprint density at radius 2 is 2.11 bits per heavy atom. The number of hydrogen-bond donors (Lipinski definition) is 1. The van der Waals surface area contributed by atoms with Gasteiger partial charge in [-0.05, 0) is 11.8 Å². The zero-order chi connectivity index (χ0) is 7.49. The van der Waals surface area contributed by atoms with Crippen molar-refractivity contribution in [2.75, 3.05) is 19.3 Å². The molecule has 6 heteroatoms. The molecule has 0 fully saturated rings. The Bertz CT molecular complexity index is 165. The van der Waals surface area contributed by atoms with Crippen LogP contribution in [0.25, 0.3) is 0 Å². The highest BCUT2D eigenvalue weighted by Crippen LogP contribution is 1.98. The predicted octanol–water partition coefficient (Wildman–Crippen LogP) is -0.639. The van der Waals surface area contributed by atoms with E-state index in [9.17, 15) is 8.42 Å². The molecule has 9 heavy (non-hydrogen) atoms. The molecule has 0 aromatic heterocycles. The summed E-state index contributed by atoms with van der Waals surface area (Å²) in [5, 5.41) is 0. The van der Waals surface area contributed by atoms with Gasteiger partial charge in [-0.2, -0.15) is 0 Å². The number of halogens is 1. The monoisotopic (exact) mass is 172 g/mol. The van der Waals surface area contributed by atoms with Gasteiger partial charge in [-0.1, -0.05) is 0 Å². The summed E-state index contributed by atoms with van der Waals surface area (Å²) < 4.78 is 21.9. The van der Waals surface area contributed by atoms with Crippen molar-refractivity contribution in [1.82, 2.24) is 3.82 Å². The third-order valence-corrected chi connectivity index (χ3v) is 2.91. The van der Waals surface area contributed by atoms with Crippen molar-refractivity contribution < 1.29 is 8.42 Å². The van der Waals surface area contributed by atoms with E-state index in [1.54, 1.807) is 0 Å². The lowest BCUT2D eigenvalue weighted by Crippen LogP contribution is -2.25. The minimum atomic E-state index is -3.27. The average Bonchev–Trinajstić information content (AvgIpc) is 1.65. The van der Waals surface area contributed by atoms with Crippen LogP contribution in [0, 0.1) is 0 Å². The third-order valence-electron chi connectivity index (χ3n) is 0.759. The molecule has 0 aliphatic rings. The van der Waals surface area contributed by atoms with Crippen molar-refractivity contribution in [2.45, 2.75) is 0 Å². The first-order valence-corrected chi connectivity index (χ1v) is 4.28. The molecule has 4 nitrogen and oxygen atoms in total. The number of nitrogens with zero attached hydrogens (tertiary/aromatic N) is 1. The summed E-state index contributed by atoms with van der Waals surface area (Å²) in [7, 11) is -2.02. The zero-order valence-electron chi connectivity index (χ0n) is 5.04. The summed E-state index contributed by atoms with van der Waals surface area (Å²) in [4.78, 5) is 0. The first-order valence-electron chi connectivity index (χ1n) is 2.33. The molecule has 56 valence electrons. The largest absolute Gasteiger partial charge is 0.329 e. The van der Waals surface area contributed by atoms with Gasteiger partial charge in [0.2, 0.25) is 10.0 Å². The Balaban J connectivity index is 4.05. The van der Waals surface area contributed by atoms with Gasteiger partial charge in [0.1, 0.15) is 0 Å². The van der Waals surface area contributed by atoms with Crippen LogP contribution in [0.15, 0.2) is 0 Å². The van der Waals surface area contributed by atoms with Gasteiger partial charge in [-0.3, -0.25) is 0 Å². The maximum absolute atomic E-state index is 10.6. The van der Waals surface area contributed by atoms with Crippen molar-refractivity contribution in [3.8, 4) is 0 Å². The molecule has 0 aliphatic heterocycles. The lowest BCUT2D eigenvalue weighted by Gasteiger charge is -2.05. The van der Waals surface area contributed by atoms with E-state index < -0.39 is 10.0 Å². The second-order valence-corrected chi connectivity index (χ2v) is 4.32. The van der Waals surface area contributed by atoms with Crippen molar-refractivity contribution in [1.29, 1.82) is 0 Å². The van der Waals surface area contributed by atoms with Gasteiger partial charge in [0.15, 0.2) is 0 Å². The van der Waals surface area contributed by atoms with E-state index in [0.717, 1.165) is 0 Å². The van der Waals surface area contributed by atoms with Crippen LogP contribution in [0.1, 0.15) is 0 Å². The van der Waals surface area contributed by atoms with Crippen molar-refractivity contribution in [3.05, 3.63) is 0 Å². The van der Waals surface area contributed by atoms with Gasteiger partial charge in [0.25, 0.3) is 0 Å². The summed E-state index contributed by atoms with van der Waals surface area (Å²) in [5.74, 6) is -0.104. The van der Waals surface area contributed by atoms with Crippen LogP contribution < -0.4 is 5.73 Å². The van der Waals surface area contributed by atoms with Crippen LogP contribution in [0.5, 0.6) is 0 Å². The second kappa shape index (κ2) is 3.36. The molecule has 0 radical (unpaired) electrons. The Labute approximate surface area is 59.7 Å². The average molecular weight is 173 g/mol. The minimum Gasteiger partial charge on any atom is -0.329 e. The summed E-state index contributed by atoms with van der Waals surface area (Å²) >= 11 is 5.14. The van der Waals surface area contributed by atoms with E-state index in [0.29, 0.717) is 3.82 Å². The number of hydrogen-bond acceptors (Lipinski definition) is 3. The number of rotatable bonds is 3. The maximum Gasteiger partial charge on any atom is 0.228 e. The Morgan fingerprint density at radius 3 is 2.22 bits per heavy atom.